The molecule has 5 aromatic carbocycles. The van der Waals surface area contributed by atoms with E-state index < -0.39 is 89.3 Å². The molecule has 0 aliphatic carbocycles. The molecule has 0 aliphatic rings. The number of fused-ring (bicyclic) bond motifs is 6. The van der Waals surface area contributed by atoms with E-state index in [2.05, 4.69) is 40.7 Å². The molecule has 7 N–H and O–H groups in total. The molecule has 36 heteroatoms. The Morgan fingerprint density at radius 2 is 1.37 bits per heavy atom. The molecule has 0 atom stereocenters. The Kier molecular flexibility index (Phi) is 17.0. The summed E-state index contributed by atoms with van der Waals surface area (Å²) in [6, 6.07) is 13.8. The smallest absolute Gasteiger partial charge is 0.296 e. The number of rotatable bonds is 21. The van der Waals surface area contributed by atoms with Crippen LogP contribution in [0.15, 0.2) is 111 Å². The van der Waals surface area contributed by atoms with Crippen LogP contribution in [0.5, 0.6) is 17.4 Å². The van der Waals surface area contributed by atoms with Gasteiger partial charge in [0.15, 0.2) is 11.3 Å². The molecule has 0 saturated carbocycles. The number of azo groups is 3. The van der Waals surface area contributed by atoms with Crippen molar-refractivity contribution in [3.63, 3.8) is 0 Å². The van der Waals surface area contributed by atoms with Crippen molar-refractivity contribution in [2.75, 3.05) is 31.0 Å². The average molecular weight is 1250 g/mol. The summed E-state index contributed by atoms with van der Waals surface area (Å²) in [6.45, 7) is 1.96. The van der Waals surface area contributed by atoms with Crippen LogP contribution in [0, 0.1) is 25.2 Å². The summed E-state index contributed by atoms with van der Waals surface area (Å²) in [5.74, 6) is -2.17. The third-order valence-electron chi connectivity index (χ3n) is 11.7. The first kappa shape index (κ1) is 59.9. The molecule has 426 valence electrons. The quantitative estimate of drug-likeness (QED) is 0.0153. The lowest BCUT2D eigenvalue weighted by atomic mass is 10.1. The lowest BCUT2D eigenvalue weighted by molar-refractivity contribution is 0.282. The molecule has 0 bridgehead atoms. The van der Waals surface area contributed by atoms with E-state index in [1.54, 1.807) is 6.92 Å². The van der Waals surface area contributed by atoms with Gasteiger partial charge >= 0.3 is 0 Å². The van der Waals surface area contributed by atoms with Gasteiger partial charge in [0.25, 0.3) is 50.6 Å². The number of thiazole rings is 1. The number of pyridine rings is 1. The van der Waals surface area contributed by atoms with Crippen molar-refractivity contribution in [2.24, 2.45) is 30.7 Å². The summed E-state index contributed by atoms with van der Waals surface area (Å²) in [5.41, 5.74) is -0.435. The van der Waals surface area contributed by atoms with Gasteiger partial charge in [-0.3, -0.25) is 27.2 Å². The number of ether oxygens (including phenoxy) is 2. The van der Waals surface area contributed by atoms with E-state index in [0.717, 1.165) is 57.8 Å². The van der Waals surface area contributed by atoms with Crippen molar-refractivity contribution in [1.29, 1.82) is 5.26 Å². The second-order valence-electron chi connectivity index (χ2n) is 17.2. The SMILES string of the molecule is COc1cc(S(=O)(=O)O)cc2c1nc1c(C#N)c(C)c(N=Nc3cc(C)c(N=Nc4cc(CO)c(N=Nc5nc6c(S(=O)(=O)O)cc7ccc(S(=O)(=O)O)cc7c6s5)cc4SCCCS(=O)(=O)O)cc3OCCCS(=O)(=O)O)c(O)n12. The minimum Gasteiger partial charge on any atom is -0.494 e. The summed E-state index contributed by atoms with van der Waals surface area (Å²) in [6.07, 6.45) is -0.289. The highest BCUT2D eigenvalue weighted by molar-refractivity contribution is 7.99. The predicted octanol–water partition coefficient (Wildman–Crippen LogP) is 8.96. The second kappa shape index (κ2) is 22.9. The predicted molar refractivity (Wildman–Crippen MR) is 291 cm³/mol. The lowest BCUT2D eigenvalue weighted by Gasteiger charge is -2.12. The number of hydrogen-bond acceptors (Lipinski definition) is 25. The molecule has 0 unspecified atom stereocenters. The van der Waals surface area contributed by atoms with Crippen molar-refractivity contribution in [1.82, 2.24) is 14.4 Å². The topological polar surface area (TPSA) is 459 Å². The van der Waals surface area contributed by atoms with E-state index in [-0.39, 0.29) is 130 Å². The number of aromatic hydroxyl groups is 1. The van der Waals surface area contributed by atoms with Gasteiger partial charge in [0.1, 0.15) is 44.7 Å². The highest BCUT2D eigenvalue weighted by Crippen LogP contribution is 2.45. The first-order valence-electron chi connectivity index (χ1n) is 22.7. The third kappa shape index (κ3) is 13.4. The first-order valence-corrected chi connectivity index (χ1v) is 32.0. The third-order valence-corrected chi connectivity index (χ3v) is 17.9. The Morgan fingerprint density at radius 3 is 2.01 bits per heavy atom. The van der Waals surface area contributed by atoms with Crippen LogP contribution in [-0.2, 0) is 57.2 Å². The summed E-state index contributed by atoms with van der Waals surface area (Å²) in [7, 11) is -22.1. The molecule has 0 spiro atoms. The molecular weight excluding hydrogens is 1210 g/mol. The van der Waals surface area contributed by atoms with Crippen molar-refractivity contribution in [2.45, 2.75) is 52.9 Å². The number of aryl methyl sites for hydroxylation is 1. The number of nitriles is 1. The van der Waals surface area contributed by atoms with Gasteiger partial charge in [-0.05, 0) is 85.9 Å². The van der Waals surface area contributed by atoms with E-state index in [9.17, 15) is 80.3 Å². The van der Waals surface area contributed by atoms with Crippen LogP contribution in [-0.4, -0.2) is 120 Å². The van der Waals surface area contributed by atoms with Crippen molar-refractivity contribution in [3.05, 3.63) is 82.9 Å². The average Bonchev–Trinajstić information content (AvgIpc) is 3.66. The lowest BCUT2D eigenvalue weighted by Crippen LogP contribution is -2.08. The zero-order valence-electron chi connectivity index (χ0n) is 41.6. The summed E-state index contributed by atoms with van der Waals surface area (Å²) >= 11 is 1.77. The van der Waals surface area contributed by atoms with Crippen LogP contribution in [0.25, 0.3) is 37.7 Å². The fraction of sp³-hybridized carbons (Fsp3) is 0.222. The van der Waals surface area contributed by atoms with Crippen LogP contribution >= 0.6 is 23.1 Å². The zero-order chi connectivity index (χ0) is 59.1. The fourth-order valence-electron chi connectivity index (χ4n) is 7.88. The second-order valence-corrected chi connectivity index (χ2v) is 26.7. The molecule has 0 fully saturated rings. The van der Waals surface area contributed by atoms with Gasteiger partial charge in [-0.2, -0.15) is 52.5 Å². The number of nitrogens with zero attached hydrogens (tertiary/aromatic N) is 10. The fourth-order valence-corrected chi connectivity index (χ4v) is 12.7. The number of aliphatic hydroxyl groups is 1. The van der Waals surface area contributed by atoms with Crippen LogP contribution in [0.3, 0.4) is 0 Å². The maximum absolute atomic E-state index is 12.5. The molecular formula is C45H40N10O19S7. The molecule has 29 nitrogen and oxygen atoms in total. The Hall–Kier alpha value is -7.25. The Labute approximate surface area is 467 Å². The highest BCUT2D eigenvalue weighted by atomic mass is 32.2. The van der Waals surface area contributed by atoms with Gasteiger partial charge in [0.05, 0.1) is 68.9 Å². The first-order chi connectivity index (χ1) is 37.9. The molecule has 8 aromatic rings. The summed E-state index contributed by atoms with van der Waals surface area (Å²) in [5, 5.41) is 58.3. The normalized spacial score (nSPS) is 13.0. The number of methoxy groups -OCH3 is 1. The van der Waals surface area contributed by atoms with E-state index in [1.807, 2.05) is 6.07 Å². The molecule has 0 aliphatic heterocycles. The van der Waals surface area contributed by atoms with Crippen LogP contribution in [0.4, 0.5) is 33.6 Å². The molecule has 3 heterocycles. The van der Waals surface area contributed by atoms with E-state index in [4.69, 9.17) is 9.47 Å². The van der Waals surface area contributed by atoms with E-state index >= 15 is 0 Å². The molecule has 0 amide bonds. The number of aliphatic hydroxyl groups excluding tert-OH is 1. The molecule has 0 radical (unpaired) electrons. The zero-order valence-corrected chi connectivity index (χ0v) is 47.3. The number of thioether (sulfide) groups is 1. The molecule has 8 rings (SSSR count). The summed E-state index contributed by atoms with van der Waals surface area (Å²) < 4.78 is 180. The summed E-state index contributed by atoms with van der Waals surface area (Å²) in [4.78, 5) is 7.09. The van der Waals surface area contributed by atoms with Crippen molar-refractivity contribution < 1.29 is 84.5 Å². The standard InChI is InChI=1S/C45H40N10O19S7/c1-22-12-32(51-53-39-23(2)29(20-46)43-47-40-34(55(43)44(39)57)16-27(80(67,68)69)17-36(40)73-3)35(74-8-4-10-77(58,59)60)18-30(22)49-52-33-13-25(21-56)31(19-37(33)75-9-5-11-78(61,62)63)50-54-45-48-41-38(81(70,71)72)14-24-6-7-26(79(64,65)66)15-28(24)42(41)76-45/h6-7,12-19,56-57H,4-5,8-11,21H2,1-3H3,(H,58,59,60)(H,61,62,63)(H,64,65,66)(H,67,68,69)(H,70,71,72). The van der Waals surface area contributed by atoms with Crippen molar-refractivity contribution >= 4 is 145 Å². The minimum atomic E-state index is -4.92. The van der Waals surface area contributed by atoms with Gasteiger partial charge in [0.2, 0.25) is 11.0 Å². The maximum atomic E-state index is 12.5. The van der Waals surface area contributed by atoms with E-state index in [1.165, 1.54) is 44.4 Å². The molecule has 3 aromatic heterocycles. The number of aromatic nitrogens is 3. The highest BCUT2D eigenvalue weighted by Gasteiger charge is 2.26. The number of hydrogen-bond donors (Lipinski definition) is 7. The largest absolute Gasteiger partial charge is 0.494 e. The van der Waals surface area contributed by atoms with Crippen LogP contribution < -0.4 is 9.47 Å². The number of imidazole rings is 1. The van der Waals surface area contributed by atoms with Gasteiger partial charge in [-0.1, -0.05) is 17.4 Å². The molecule has 81 heavy (non-hydrogen) atoms. The molecule has 0 saturated heterocycles. The van der Waals surface area contributed by atoms with Crippen LogP contribution in [0.1, 0.15) is 35.1 Å². The monoisotopic (exact) mass is 1250 g/mol. The van der Waals surface area contributed by atoms with Gasteiger partial charge < -0.3 is 19.7 Å². The Morgan fingerprint density at radius 1 is 0.704 bits per heavy atom. The van der Waals surface area contributed by atoms with E-state index in [0.29, 0.717) is 5.56 Å². The van der Waals surface area contributed by atoms with Crippen LogP contribution in [0.2, 0.25) is 0 Å². The Bertz CT molecular complexity index is 4660. The Balaban J connectivity index is 1.20. The minimum absolute atomic E-state index is 0.00309. The number of benzene rings is 5. The van der Waals surface area contributed by atoms with Gasteiger partial charge in [-0.25, -0.2) is 9.97 Å². The maximum Gasteiger partial charge on any atom is 0.296 e. The van der Waals surface area contributed by atoms with Gasteiger partial charge in [0, 0.05) is 33.5 Å². The van der Waals surface area contributed by atoms with Crippen molar-refractivity contribution in [3.8, 4) is 23.4 Å². The van der Waals surface area contributed by atoms with Gasteiger partial charge in [-0.15, -0.1) is 37.3 Å².